The van der Waals surface area contributed by atoms with E-state index >= 15 is 0 Å². The molecule has 3 aromatic rings. The molecule has 2 N–H and O–H groups in total. The topological polar surface area (TPSA) is 92.9 Å². The molecule has 1 unspecified atom stereocenters. The first kappa shape index (κ1) is 16.8. The van der Waals surface area contributed by atoms with Gasteiger partial charge in [0.05, 0.1) is 17.7 Å². The number of anilines is 1. The lowest BCUT2D eigenvalue weighted by molar-refractivity contribution is -0.120. The van der Waals surface area contributed by atoms with Gasteiger partial charge in [0.25, 0.3) is 0 Å². The van der Waals surface area contributed by atoms with Crippen LogP contribution in [0.2, 0.25) is 0 Å². The van der Waals surface area contributed by atoms with Gasteiger partial charge in [-0.3, -0.25) is 4.79 Å². The molecule has 0 fully saturated rings. The third-order valence-corrected chi connectivity index (χ3v) is 3.99. The van der Waals surface area contributed by atoms with Gasteiger partial charge in [0.1, 0.15) is 6.33 Å². The van der Waals surface area contributed by atoms with Crippen molar-refractivity contribution < 1.29 is 9.90 Å². The molecule has 0 saturated heterocycles. The Bertz CT molecular complexity index is 860. The molecule has 0 bridgehead atoms. The Hall–Kier alpha value is -3.06. The van der Waals surface area contributed by atoms with Crippen molar-refractivity contribution in [3.63, 3.8) is 0 Å². The summed E-state index contributed by atoms with van der Waals surface area (Å²) in [5.41, 5.74) is 1.82. The van der Waals surface area contributed by atoms with Crippen molar-refractivity contribution in [3.8, 4) is 5.69 Å². The molecule has 0 spiro atoms. The number of aryl methyl sites for hydroxylation is 1. The Morgan fingerprint density at radius 1 is 1.24 bits per heavy atom. The number of tetrazole rings is 1. The van der Waals surface area contributed by atoms with Crippen LogP contribution in [0.25, 0.3) is 5.69 Å². The largest absolute Gasteiger partial charge is 0.385 e. The van der Waals surface area contributed by atoms with Crippen molar-refractivity contribution in [2.45, 2.75) is 25.9 Å². The van der Waals surface area contributed by atoms with Crippen molar-refractivity contribution in [2.24, 2.45) is 0 Å². The van der Waals surface area contributed by atoms with Gasteiger partial charge in [0, 0.05) is 5.69 Å². The highest BCUT2D eigenvalue weighted by Gasteiger charge is 2.26. The SMILES string of the molecule is Cc1ccc(NC(=O)CC(C)(O)c2ccccc2)cc1-n1cnnn1. The highest BCUT2D eigenvalue weighted by Crippen LogP contribution is 2.25. The third-order valence-electron chi connectivity index (χ3n) is 3.99. The van der Waals surface area contributed by atoms with Crippen LogP contribution in [0.15, 0.2) is 54.9 Å². The average molecular weight is 337 g/mol. The fourth-order valence-corrected chi connectivity index (χ4v) is 2.62. The normalized spacial score (nSPS) is 13.2. The van der Waals surface area contributed by atoms with Gasteiger partial charge in [-0.2, -0.15) is 0 Å². The summed E-state index contributed by atoms with van der Waals surface area (Å²) in [4.78, 5) is 12.4. The summed E-state index contributed by atoms with van der Waals surface area (Å²) < 4.78 is 1.53. The maximum absolute atomic E-state index is 12.4. The van der Waals surface area contributed by atoms with Crippen molar-refractivity contribution in [2.75, 3.05) is 5.32 Å². The Labute approximate surface area is 145 Å². The molecule has 128 valence electrons. The number of benzene rings is 2. The molecule has 0 aliphatic rings. The van der Waals surface area contributed by atoms with Gasteiger partial charge in [-0.1, -0.05) is 36.4 Å². The average Bonchev–Trinajstić information content (AvgIpc) is 3.11. The van der Waals surface area contributed by atoms with Crippen LogP contribution in [-0.2, 0) is 10.4 Å². The van der Waals surface area contributed by atoms with Crippen LogP contribution in [0.5, 0.6) is 0 Å². The quantitative estimate of drug-likeness (QED) is 0.744. The summed E-state index contributed by atoms with van der Waals surface area (Å²) in [5, 5.41) is 24.5. The first-order valence-electron chi connectivity index (χ1n) is 7.87. The standard InChI is InChI=1S/C18H19N5O2/c1-13-8-9-15(10-16(13)23-12-19-21-22-23)20-17(24)11-18(2,25)14-6-4-3-5-7-14/h3-10,12,25H,11H2,1-2H3,(H,20,24). The van der Waals surface area contributed by atoms with E-state index in [1.165, 1.54) is 11.0 Å². The Morgan fingerprint density at radius 2 is 2.00 bits per heavy atom. The molecule has 1 heterocycles. The molecule has 0 saturated carbocycles. The predicted octanol–water partition coefficient (Wildman–Crippen LogP) is 2.21. The van der Waals surface area contributed by atoms with E-state index in [-0.39, 0.29) is 12.3 Å². The van der Waals surface area contributed by atoms with Gasteiger partial charge >= 0.3 is 0 Å². The van der Waals surface area contributed by atoms with E-state index in [0.29, 0.717) is 11.3 Å². The highest BCUT2D eigenvalue weighted by atomic mass is 16.3. The summed E-state index contributed by atoms with van der Waals surface area (Å²) >= 11 is 0. The molecule has 1 aromatic heterocycles. The van der Waals surface area contributed by atoms with E-state index in [1.54, 1.807) is 31.2 Å². The second kappa shape index (κ2) is 6.82. The van der Waals surface area contributed by atoms with Crippen LogP contribution >= 0.6 is 0 Å². The van der Waals surface area contributed by atoms with Crippen molar-refractivity contribution in [3.05, 3.63) is 66.0 Å². The van der Waals surface area contributed by atoms with E-state index in [2.05, 4.69) is 20.8 Å². The molecule has 25 heavy (non-hydrogen) atoms. The summed E-state index contributed by atoms with van der Waals surface area (Å²) in [6.45, 7) is 3.56. The second-order valence-corrected chi connectivity index (χ2v) is 6.12. The zero-order valence-electron chi connectivity index (χ0n) is 14.0. The maximum Gasteiger partial charge on any atom is 0.227 e. The molecule has 0 aliphatic heterocycles. The first-order chi connectivity index (χ1) is 12.0. The molecule has 7 nitrogen and oxygen atoms in total. The number of carbonyl (C=O) groups is 1. The molecule has 3 rings (SSSR count). The maximum atomic E-state index is 12.4. The number of nitrogens with zero attached hydrogens (tertiary/aromatic N) is 4. The molecular formula is C18H19N5O2. The lowest BCUT2D eigenvalue weighted by atomic mass is 9.92. The minimum atomic E-state index is -1.24. The van der Waals surface area contributed by atoms with Crippen LogP contribution in [0.4, 0.5) is 5.69 Å². The van der Waals surface area contributed by atoms with Gasteiger partial charge in [0.2, 0.25) is 5.91 Å². The number of nitrogens with one attached hydrogen (secondary N) is 1. The number of hydrogen-bond donors (Lipinski definition) is 2. The zero-order chi connectivity index (χ0) is 17.9. The summed E-state index contributed by atoms with van der Waals surface area (Å²) in [7, 11) is 0. The lowest BCUT2D eigenvalue weighted by Gasteiger charge is -2.23. The van der Waals surface area contributed by atoms with Crippen LogP contribution in [-0.4, -0.2) is 31.2 Å². The number of amides is 1. The number of hydrogen-bond acceptors (Lipinski definition) is 5. The number of aromatic nitrogens is 4. The second-order valence-electron chi connectivity index (χ2n) is 6.12. The molecule has 1 amide bonds. The van der Waals surface area contributed by atoms with Crippen LogP contribution < -0.4 is 5.32 Å². The van der Waals surface area contributed by atoms with Crippen molar-refractivity contribution >= 4 is 11.6 Å². The summed E-state index contributed by atoms with van der Waals surface area (Å²) in [6, 6.07) is 14.6. The minimum absolute atomic E-state index is 0.0505. The molecule has 0 aliphatic carbocycles. The van der Waals surface area contributed by atoms with Crippen LogP contribution in [0.3, 0.4) is 0 Å². The lowest BCUT2D eigenvalue weighted by Crippen LogP contribution is -2.28. The highest BCUT2D eigenvalue weighted by molar-refractivity contribution is 5.91. The van der Waals surface area contributed by atoms with Crippen LogP contribution in [0.1, 0.15) is 24.5 Å². The summed E-state index contributed by atoms with van der Waals surface area (Å²) in [6.07, 6.45) is 1.44. The van der Waals surface area contributed by atoms with Crippen LogP contribution in [0, 0.1) is 6.92 Å². The molecule has 1 atom stereocenters. The van der Waals surface area contributed by atoms with Gasteiger partial charge < -0.3 is 10.4 Å². The first-order valence-corrected chi connectivity index (χ1v) is 7.87. The Balaban J connectivity index is 1.74. The van der Waals surface area contributed by atoms with E-state index < -0.39 is 5.60 Å². The van der Waals surface area contributed by atoms with Crippen molar-refractivity contribution in [1.29, 1.82) is 0 Å². The zero-order valence-corrected chi connectivity index (χ0v) is 14.0. The number of rotatable bonds is 5. The molecule has 7 heteroatoms. The fraction of sp³-hybridized carbons (Fsp3) is 0.222. The minimum Gasteiger partial charge on any atom is -0.385 e. The van der Waals surface area contributed by atoms with E-state index in [9.17, 15) is 9.90 Å². The van der Waals surface area contributed by atoms with E-state index in [4.69, 9.17) is 0 Å². The summed E-state index contributed by atoms with van der Waals surface area (Å²) in [5.74, 6) is -0.277. The van der Waals surface area contributed by atoms with Gasteiger partial charge in [-0.25, -0.2) is 4.68 Å². The fourth-order valence-electron chi connectivity index (χ4n) is 2.62. The molecule has 0 radical (unpaired) electrons. The van der Waals surface area contributed by atoms with Crippen molar-refractivity contribution in [1.82, 2.24) is 20.2 Å². The Morgan fingerprint density at radius 3 is 2.68 bits per heavy atom. The molecular weight excluding hydrogens is 318 g/mol. The smallest absolute Gasteiger partial charge is 0.227 e. The Kier molecular flexibility index (Phi) is 4.58. The van der Waals surface area contributed by atoms with Gasteiger partial charge in [0.15, 0.2) is 0 Å². The monoisotopic (exact) mass is 337 g/mol. The van der Waals surface area contributed by atoms with Gasteiger partial charge in [-0.15, -0.1) is 5.10 Å². The molecule has 2 aromatic carbocycles. The van der Waals surface area contributed by atoms with E-state index in [1.807, 2.05) is 31.2 Å². The van der Waals surface area contributed by atoms with Gasteiger partial charge in [-0.05, 0) is 47.5 Å². The third kappa shape index (κ3) is 3.89. The predicted molar refractivity (Wildman–Crippen MR) is 93.2 cm³/mol. The van der Waals surface area contributed by atoms with E-state index in [0.717, 1.165) is 11.3 Å². The number of aliphatic hydroxyl groups is 1. The number of carbonyl (C=O) groups excluding carboxylic acids is 1.